The molecule has 4 aromatic rings. The molecule has 2 aliphatic rings. The summed E-state index contributed by atoms with van der Waals surface area (Å²) in [6.07, 6.45) is 2.67. The number of nitrogens with zero attached hydrogens (tertiary/aromatic N) is 4. The largest absolute Gasteiger partial charge is 0.507 e. The van der Waals surface area contributed by atoms with Gasteiger partial charge in [-0.25, -0.2) is 15.0 Å². The topological polar surface area (TPSA) is 87.3 Å². The second-order valence-electron chi connectivity index (χ2n) is 8.89. The van der Waals surface area contributed by atoms with Crippen molar-refractivity contribution in [1.29, 1.82) is 0 Å². The molecule has 3 aromatic heterocycles. The molecular formula is C24H25N5O2. The monoisotopic (exact) mass is 415 g/mol. The Labute approximate surface area is 180 Å². The van der Waals surface area contributed by atoms with E-state index in [2.05, 4.69) is 28.2 Å². The minimum atomic E-state index is 0.137. The molecule has 1 saturated heterocycles. The van der Waals surface area contributed by atoms with Crippen LogP contribution in [0.3, 0.4) is 0 Å². The lowest BCUT2D eigenvalue weighted by Crippen LogP contribution is -2.56. The maximum Gasteiger partial charge on any atom is 0.192 e. The number of benzene rings is 1. The molecule has 7 nitrogen and oxygen atoms in total. The molecule has 1 saturated carbocycles. The number of oxazole rings is 1. The van der Waals surface area contributed by atoms with Gasteiger partial charge < -0.3 is 19.7 Å². The number of hydrogen-bond donors (Lipinski definition) is 2. The summed E-state index contributed by atoms with van der Waals surface area (Å²) in [4.78, 5) is 16.3. The third-order valence-corrected chi connectivity index (χ3v) is 6.34. The second-order valence-corrected chi connectivity index (χ2v) is 8.89. The van der Waals surface area contributed by atoms with E-state index in [0.29, 0.717) is 40.3 Å². The van der Waals surface area contributed by atoms with Crippen molar-refractivity contribution in [2.75, 3.05) is 18.0 Å². The van der Waals surface area contributed by atoms with Crippen molar-refractivity contribution in [1.82, 2.24) is 20.3 Å². The molecule has 1 aliphatic carbocycles. The van der Waals surface area contributed by atoms with Crippen LogP contribution in [0.1, 0.15) is 25.7 Å². The number of piperazine rings is 1. The van der Waals surface area contributed by atoms with Crippen LogP contribution in [-0.4, -0.2) is 45.2 Å². The standard InChI is InChI=1S/C24H25N5O2/c1-13-11-29(12-21(25-13)15-3-4-15)24-8-7-18-19(28-24)6-5-17(27-18)16-9-23-20(10-22(16)30)26-14(2)31-23/h5-10,13,15,21,25,30H,3-4,11-12H2,1-2H3. The molecule has 2 unspecified atom stereocenters. The fourth-order valence-corrected chi connectivity index (χ4v) is 4.69. The molecule has 0 spiro atoms. The van der Waals surface area contributed by atoms with Crippen molar-refractivity contribution in [2.45, 2.75) is 38.8 Å². The van der Waals surface area contributed by atoms with Gasteiger partial charge >= 0.3 is 0 Å². The fraction of sp³-hybridized carbons (Fsp3) is 0.375. The summed E-state index contributed by atoms with van der Waals surface area (Å²) in [5, 5.41) is 14.2. The number of phenols is 1. The smallest absolute Gasteiger partial charge is 0.192 e. The van der Waals surface area contributed by atoms with Crippen LogP contribution in [0, 0.1) is 12.8 Å². The highest BCUT2D eigenvalue weighted by molar-refractivity contribution is 5.86. The van der Waals surface area contributed by atoms with Crippen molar-refractivity contribution >= 4 is 28.0 Å². The normalized spacial score (nSPS) is 21.8. The molecule has 2 N–H and O–H groups in total. The summed E-state index contributed by atoms with van der Waals surface area (Å²) in [6, 6.07) is 12.4. The Morgan fingerprint density at radius 2 is 1.81 bits per heavy atom. The maximum absolute atomic E-state index is 10.5. The molecule has 6 rings (SSSR count). The van der Waals surface area contributed by atoms with E-state index in [1.807, 2.05) is 18.2 Å². The Bertz CT molecular complexity index is 1300. The summed E-state index contributed by atoms with van der Waals surface area (Å²) < 4.78 is 5.62. The molecule has 1 aromatic carbocycles. The maximum atomic E-state index is 10.5. The van der Waals surface area contributed by atoms with Gasteiger partial charge in [-0.3, -0.25) is 0 Å². The number of phenolic OH excluding ortho intramolecular Hbond substituents is 1. The number of anilines is 1. The van der Waals surface area contributed by atoms with Crippen molar-refractivity contribution in [3.05, 3.63) is 42.3 Å². The SMILES string of the molecule is Cc1nc2cc(O)c(-c3ccc4nc(N5CC(C)NC(C6CC6)C5)ccc4n3)cc2o1. The Balaban J connectivity index is 1.33. The highest BCUT2D eigenvalue weighted by atomic mass is 16.3. The average molecular weight is 415 g/mol. The zero-order valence-corrected chi connectivity index (χ0v) is 17.7. The molecule has 2 fully saturated rings. The van der Waals surface area contributed by atoms with Crippen molar-refractivity contribution in [2.24, 2.45) is 5.92 Å². The lowest BCUT2D eigenvalue weighted by atomic mass is 10.1. The second kappa shape index (κ2) is 6.92. The number of aromatic hydroxyl groups is 1. The van der Waals surface area contributed by atoms with E-state index in [1.165, 1.54) is 12.8 Å². The predicted octanol–water partition coefficient (Wildman–Crippen LogP) is 4.03. The van der Waals surface area contributed by atoms with Gasteiger partial charge in [0.2, 0.25) is 0 Å². The molecule has 4 heterocycles. The lowest BCUT2D eigenvalue weighted by Gasteiger charge is -2.38. The van der Waals surface area contributed by atoms with Gasteiger partial charge in [0.1, 0.15) is 17.1 Å². The number of pyridine rings is 2. The third kappa shape index (κ3) is 3.39. The first-order valence-corrected chi connectivity index (χ1v) is 10.9. The quantitative estimate of drug-likeness (QED) is 0.522. The third-order valence-electron chi connectivity index (χ3n) is 6.34. The van der Waals surface area contributed by atoms with E-state index in [0.717, 1.165) is 35.9 Å². The van der Waals surface area contributed by atoms with Crippen LogP contribution in [0.5, 0.6) is 5.75 Å². The number of aromatic nitrogens is 3. The van der Waals surface area contributed by atoms with Crippen LogP contribution in [0.15, 0.2) is 40.8 Å². The summed E-state index contributed by atoms with van der Waals surface area (Å²) in [5.74, 6) is 2.52. The van der Waals surface area contributed by atoms with Gasteiger partial charge in [-0.1, -0.05) is 0 Å². The van der Waals surface area contributed by atoms with Gasteiger partial charge in [-0.2, -0.15) is 0 Å². The summed E-state index contributed by atoms with van der Waals surface area (Å²) >= 11 is 0. The molecule has 0 radical (unpaired) electrons. The first-order valence-electron chi connectivity index (χ1n) is 10.9. The van der Waals surface area contributed by atoms with Crippen LogP contribution in [0.4, 0.5) is 5.82 Å². The van der Waals surface area contributed by atoms with Crippen molar-refractivity contribution < 1.29 is 9.52 Å². The number of fused-ring (bicyclic) bond motifs is 2. The van der Waals surface area contributed by atoms with E-state index in [1.54, 1.807) is 19.1 Å². The van der Waals surface area contributed by atoms with Gasteiger partial charge in [-0.05, 0) is 56.0 Å². The minimum Gasteiger partial charge on any atom is -0.507 e. The van der Waals surface area contributed by atoms with Crippen LogP contribution in [0.2, 0.25) is 0 Å². The van der Waals surface area contributed by atoms with E-state index in [9.17, 15) is 5.11 Å². The van der Waals surface area contributed by atoms with E-state index >= 15 is 0 Å². The Morgan fingerprint density at radius 3 is 2.65 bits per heavy atom. The van der Waals surface area contributed by atoms with Crippen molar-refractivity contribution in [3.63, 3.8) is 0 Å². The molecule has 0 bridgehead atoms. The van der Waals surface area contributed by atoms with Gasteiger partial charge in [0.25, 0.3) is 0 Å². The van der Waals surface area contributed by atoms with Gasteiger partial charge in [-0.15, -0.1) is 0 Å². The summed E-state index contributed by atoms with van der Waals surface area (Å²) in [5.41, 5.74) is 4.24. The van der Waals surface area contributed by atoms with Crippen LogP contribution >= 0.6 is 0 Å². The molecule has 158 valence electrons. The average Bonchev–Trinajstić information content (AvgIpc) is 3.54. The Hall–Kier alpha value is -3.19. The first kappa shape index (κ1) is 18.6. The van der Waals surface area contributed by atoms with E-state index < -0.39 is 0 Å². The predicted molar refractivity (Wildman–Crippen MR) is 120 cm³/mol. The molecule has 7 heteroatoms. The molecular weight excluding hydrogens is 390 g/mol. The zero-order chi connectivity index (χ0) is 21.1. The van der Waals surface area contributed by atoms with Gasteiger partial charge in [0, 0.05) is 43.7 Å². The van der Waals surface area contributed by atoms with E-state index in [4.69, 9.17) is 14.4 Å². The lowest BCUT2D eigenvalue weighted by molar-refractivity contribution is 0.358. The van der Waals surface area contributed by atoms with E-state index in [-0.39, 0.29) is 5.75 Å². The molecule has 2 atom stereocenters. The molecule has 31 heavy (non-hydrogen) atoms. The first-order chi connectivity index (χ1) is 15.0. The summed E-state index contributed by atoms with van der Waals surface area (Å²) in [7, 11) is 0. The fourth-order valence-electron chi connectivity index (χ4n) is 4.69. The van der Waals surface area contributed by atoms with Crippen LogP contribution in [-0.2, 0) is 0 Å². The van der Waals surface area contributed by atoms with Gasteiger partial charge in [0.05, 0.1) is 16.7 Å². The highest BCUT2D eigenvalue weighted by Crippen LogP contribution is 2.36. The number of aryl methyl sites for hydroxylation is 1. The summed E-state index contributed by atoms with van der Waals surface area (Å²) in [6.45, 7) is 6.00. The zero-order valence-electron chi connectivity index (χ0n) is 17.7. The van der Waals surface area contributed by atoms with Gasteiger partial charge in [0.15, 0.2) is 11.5 Å². The Morgan fingerprint density at radius 1 is 1.00 bits per heavy atom. The van der Waals surface area contributed by atoms with Crippen molar-refractivity contribution in [3.8, 4) is 17.0 Å². The number of hydrogen-bond acceptors (Lipinski definition) is 7. The Kier molecular flexibility index (Phi) is 4.14. The number of rotatable bonds is 3. The van der Waals surface area contributed by atoms with Crippen LogP contribution < -0.4 is 10.2 Å². The minimum absolute atomic E-state index is 0.137. The highest BCUT2D eigenvalue weighted by Gasteiger charge is 2.36. The van der Waals surface area contributed by atoms with Crippen LogP contribution in [0.25, 0.3) is 33.4 Å². The molecule has 1 aliphatic heterocycles. The number of nitrogens with one attached hydrogen (secondary N) is 1. The molecule has 0 amide bonds.